The molecule has 1 rings (SSSR count). The summed E-state index contributed by atoms with van der Waals surface area (Å²) < 4.78 is 15.7. The number of esters is 1. The van der Waals surface area contributed by atoms with Gasteiger partial charge in [-0.15, -0.1) is 0 Å². The van der Waals surface area contributed by atoms with Crippen LogP contribution in [-0.2, 0) is 34.0 Å². The number of benzene rings is 1. The van der Waals surface area contributed by atoms with Crippen molar-refractivity contribution in [3.63, 3.8) is 0 Å². The van der Waals surface area contributed by atoms with E-state index >= 15 is 0 Å². The summed E-state index contributed by atoms with van der Waals surface area (Å²) >= 11 is 0. The number of nitrogens with zero attached hydrogens (tertiary/aromatic N) is 2. The van der Waals surface area contributed by atoms with Gasteiger partial charge < -0.3 is 24.4 Å². The third kappa shape index (κ3) is 12.4. The molecule has 2 atom stereocenters. The Labute approximate surface area is 279 Å². The Bertz CT molecular complexity index is 1320. The summed E-state index contributed by atoms with van der Waals surface area (Å²) in [6.07, 6.45) is 1.63. The summed E-state index contributed by atoms with van der Waals surface area (Å²) in [5, 5.41) is 5.58. The van der Waals surface area contributed by atoms with Gasteiger partial charge in [0.05, 0.1) is 6.61 Å². The number of nitrogens with one attached hydrogen (secondary N) is 2. The van der Waals surface area contributed by atoms with Crippen LogP contribution in [0.4, 0.5) is 15.3 Å². The fraction of sp³-hybridized carbons (Fsp3) is 0.571. The smallest absolute Gasteiger partial charge is 0.411 e. The number of rotatable bonds is 13. The maximum atomic E-state index is 14.4. The fourth-order valence-corrected chi connectivity index (χ4v) is 4.65. The van der Waals surface area contributed by atoms with Crippen LogP contribution in [0.2, 0.25) is 0 Å². The van der Waals surface area contributed by atoms with Crippen LogP contribution in [0.15, 0.2) is 48.6 Å². The summed E-state index contributed by atoms with van der Waals surface area (Å²) in [6, 6.07) is 4.68. The van der Waals surface area contributed by atoms with Crippen LogP contribution in [0.1, 0.15) is 74.8 Å². The van der Waals surface area contributed by atoms with Gasteiger partial charge in [-0.25, -0.2) is 14.4 Å². The molecule has 12 nitrogen and oxygen atoms in total. The average Bonchev–Trinajstić information content (AvgIpc) is 2.95. The normalized spacial score (nSPS) is 13.4. The fourth-order valence-electron chi connectivity index (χ4n) is 4.65. The first-order chi connectivity index (χ1) is 21.6. The zero-order chi connectivity index (χ0) is 36.3. The minimum absolute atomic E-state index is 0.0318. The third-order valence-corrected chi connectivity index (χ3v) is 7.23. The number of amides is 4. The second-order valence-corrected chi connectivity index (χ2v) is 13.9. The van der Waals surface area contributed by atoms with Crippen molar-refractivity contribution in [3.8, 4) is 0 Å². The van der Waals surface area contributed by atoms with Gasteiger partial charge in [0.25, 0.3) is 0 Å². The van der Waals surface area contributed by atoms with Crippen molar-refractivity contribution in [1.82, 2.24) is 15.1 Å². The zero-order valence-electron chi connectivity index (χ0n) is 30.1. The van der Waals surface area contributed by atoms with Gasteiger partial charge in [0, 0.05) is 37.3 Å². The summed E-state index contributed by atoms with van der Waals surface area (Å²) in [4.78, 5) is 68.4. The SMILES string of the molecule is C=CCOC(=O)Nc1cccc(C(C)(C)C(C(=O)NC(C(=O)N(C)C/C=C(\C)C(=O)OCC)C(C)(C)C)N(C)C(=O)OC(C)(C)C)c1. The topological polar surface area (TPSA) is 144 Å². The van der Waals surface area contributed by atoms with Crippen molar-refractivity contribution in [2.45, 2.75) is 92.3 Å². The molecule has 1 aromatic carbocycles. The van der Waals surface area contributed by atoms with Gasteiger partial charge in [0.1, 0.15) is 24.3 Å². The molecule has 0 saturated carbocycles. The number of hydrogen-bond acceptors (Lipinski definition) is 8. The molecule has 0 radical (unpaired) electrons. The lowest BCUT2D eigenvalue weighted by Crippen LogP contribution is -2.62. The van der Waals surface area contributed by atoms with Gasteiger partial charge in [-0.1, -0.05) is 65.5 Å². The maximum absolute atomic E-state index is 14.4. The van der Waals surface area contributed by atoms with Crippen molar-refractivity contribution in [1.29, 1.82) is 0 Å². The molecular weight excluding hydrogens is 604 g/mol. The minimum atomic E-state index is -1.17. The lowest BCUT2D eigenvalue weighted by molar-refractivity contribution is -0.140. The largest absolute Gasteiger partial charge is 0.463 e. The second-order valence-electron chi connectivity index (χ2n) is 13.9. The molecule has 1 aromatic rings. The number of ether oxygens (including phenoxy) is 3. The number of carbonyl (C=O) groups excluding carboxylic acids is 5. The van der Waals surface area contributed by atoms with Crippen molar-refractivity contribution in [3.05, 3.63) is 54.1 Å². The molecule has 0 fully saturated rings. The Morgan fingerprint density at radius 1 is 0.979 bits per heavy atom. The Hall–Kier alpha value is -4.35. The van der Waals surface area contributed by atoms with E-state index < -0.39 is 52.6 Å². The van der Waals surface area contributed by atoms with E-state index in [0.717, 1.165) is 0 Å². The molecule has 4 amide bonds. The lowest BCUT2D eigenvalue weighted by atomic mass is 9.76. The van der Waals surface area contributed by atoms with Gasteiger partial charge in [0.2, 0.25) is 11.8 Å². The molecule has 0 spiro atoms. The Morgan fingerprint density at radius 3 is 2.13 bits per heavy atom. The van der Waals surface area contributed by atoms with Gasteiger partial charge >= 0.3 is 18.2 Å². The maximum Gasteiger partial charge on any atom is 0.411 e. The molecule has 0 aliphatic heterocycles. The van der Waals surface area contributed by atoms with Crippen LogP contribution >= 0.6 is 0 Å². The Kier molecular flexibility index (Phi) is 14.7. The molecule has 2 N–H and O–H groups in total. The number of anilines is 1. The molecule has 0 aromatic heterocycles. The lowest BCUT2D eigenvalue weighted by Gasteiger charge is -2.42. The molecule has 0 aliphatic carbocycles. The van der Waals surface area contributed by atoms with E-state index in [1.54, 1.807) is 85.9 Å². The van der Waals surface area contributed by atoms with Crippen LogP contribution in [0.25, 0.3) is 0 Å². The Balaban J connectivity index is 3.56. The summed E-state index contributed by atoms with van der Waals surface area (Å²) in [5.41, 5.74) is -1.27. The first-order valence-corrected chi connectivity index (χ1v) is 15.6. The molecule has 0 heterocycles. The molecule has 0 bridgehead atoms. The van der Waals surface area contributed by atoms with Gasteiger partial charge in [0.15, 0.2) is 0 Å². The number of hydrogen-bond donors (Lipinski definition) is 2. The summed E-state index contributed by atoms with van der Waals surface area (Å²) in [6.45, 7) is 21.4. The first kappa shape index (κ1) is 40.7. The van der Waals surface area contributed by atoms with Crippen molar-refractivity contribution < 1.29 is 38.2 Å². The highest BCUT2D eigenvalue weighted by atomic mass is 16.6. The highest BCUT2D eigenvalue weighted by Crippen LogP contribution is 2.33. The molecule has 2 unspecified atom stereocenters. The number of carbonyl (C=O) groups is 5. The van der Waals surface area contributed by atoms with Gasteiger partial charge in [-0.2, -0.15) is 0 Å². The van der Waals surface area contributed by atoms with E-state index in [9.17, 15) is 24.0 Å². The van der Waals surface area contributed by atoms with E-state index in [1.807, 2.05) is 20.8 Å². The quantitative estimate of drug-likeness (QED) is 0.124. The standard InChI is InChI=1S/C35H54N4O8/c1-14-21-46-31(43)36-25-18-16-17-24(22-25)35(10,11)27(39(13)32(44)47-34(7,8)9)28(40)37-26(33(4,5)6)29(41)38(12)20-19-23(3)30(42)45-15-2/h14,16-19,22,26-27H,1,15,20-21H2,2-13H3,(H,36,43)(H,37,40)/b23-19+. The monoisotopic (exact) mass is 658 g/mol. The van der Waals surface area contributed by atoms with Crippen LogP contribution in [0.3, 0.4) is 0 Å². The zero-order valence-corrected chi connectivity index (χ0v) is 30.1. The predicted octanol–water partition coefficient (Wildman–Crippen LogP) is 5.43. The Morgan fingerprint density at radius 2 is 1.60 bits per heavy atom. The van der Waals surface area contributed by atoms with Crippen LogP contribution < -0.4 is 10.6 Å². The highest BCUT2D eigenvalue weighted by Gasteiger charge is 2.45. The van der Waals surface area contributed by atoms with E-state index in [0.29, 0.717) is 16.8 Å². The van der Waals surface area contributed by atoms with Gasteiger partial charge in [-0.05, 0) is 57.7 Å². The molecular formula is C35H54N4O8. The summed E-state index contributed by atoms with van der Waals surface area (Å²) in [7, 11) is 3.05. The first-order valence-electron chi connectivity index (χ1n) is 15.6. The van der Waals surface area contributed by atoms with Gasteiger partial charge in [-0.3, -0.25) is 19.8 Å². The van der Waals surface area contributed by atoms with E-state index in [-0.39, 0.29) is 25.7 Å². The minimum Gasteiger partial charge on any atom is -0.463 e. The van der Waals surface area contributed by atoms with Crippen LogP contribution in [0.5, 0.6) is 0 Å². The number of likely N-dealkylation sites (N-methyl/N-ethyl adjacent to an activating group) is 2. The molecule has 12 heteroatoms. The van der Waals surface area contributed by atoms with E-state index in [4.69, 9.17) is 14.2 Å². The predicted molar refractivity (Wildman–Crippen MR) is 182 cm³/mol. The molecule has 0 aliphatic rings. The second kappa shape index (κ2) is 17.0. The highest BCUT2D eigenvalue weighted by molar-refractivity contribution is 5.93. The van der Waals surface area contributed by atoms with Crippen LogP contribution in [0, 0.1) is 5.41 Å². The summed E-state index contributed by atoms with van der Waals surface area (Å²) in [5.74, 6) is -1.45. The van der Waals surface area contributed by atoms with E-state index in [1.165, 1.54) is 22.9 Å². The van der Waals surface area contributed by atoms with Crippen molar-refractivity contribution in [2.24, 2.45) is 5.41 Å². The molecule has 0 saturated heterocycles. The average molecular weight is 659 g/mol. The van der Waals surface area contributed by atoms with E-state index in [2.05, 4.69) is 17.2 Å². The van der Waals surface area contributed by atoms with Crippen molar-refractivity contribution in [2.75, 3.05) is 39.2 Å². The van der Waals surface area contributed by atoms with Crippen LogP contribution in [-0.4, -0.2) is 91.3 Å². The molecule has 262 valence electrons. The van der Waals surface area contributed by atoms with Crippen molar-refractivity contribution >= 4 is 35.7 Å². The molecule has 47 heavy (non-hydrogen) atoms. The third-order valence-electron chi connectivity index (χ3n) is 7.23.